The third kappa shape index (κ3) is 4.13. The Morgan fingerprint density at radius 2 is 1.55 bits per heavy atom. The van der Waals surface area contributed by atoms with Gasteiger partial charge in [-0.05, 0) is 42.8 Å². The number of nitrogens with two attached hydrogens (primary N) is 1. The predicted octanol–water partition coefficient (Wildman–Crippen LogP) is 3.46. The van der Waals surface area contributed by atoms with E-state index < -0.39 is 11.8 Å². The van der Waals surface area contributed by atoms with Gasteiger partial charge in [-0.25, -0.2) is 0 Å². The largest absolute Gasteiger partial charge is 0.397 e. The van der Waals surface area contributed by atoms with E-state index in [1.807, 2.05) is 6.92 Å². The van der Waals surface area contributed by atoms with Gasteiger partial charge in [0.2, 0.25) is 0 Å². The SMILES string of the molecule is Cc1ccc(NC(=O)C(=O)Nc2cc(Cl)cc(Cl)c2)c(N)c1. The van der Waals surface area contributed by atoms with E-state index in [2.05, 4.69) is 10.6 Å². The van der Waals surface area contributed by atoms with E-state index in [4.69, 9.17) is 28.9 Å². The summed E-state index contributed by atoms with van der Waals surface area (Å²) in [5.74, 6) is -1.69. The van der Waals surface area contributed by atoms with Crippen LogP contribution in [0.1, 0.15) is 5.56 Å². The second-order valence-electron chi connectivity index (χ2n) is 4.66. The molecule has 7 heteroatoms. The predicted molar refractivity (Wildman–Crippen MR) is 89.3 cm³/mol. The summed E-state index contributed by atoms with van der Waals surface area (Å²) in [6.07, 6.45) is 0. The summed E-state index contributed by atoms with van der Waals surface area (Å²) < 4.78 is 0. The number of benzene rings is 2. The van der Waals surface area contributed by atoms with Crippen molar-refractivity contribution in [1.29, 1.82) is 0 Å². The Bertz CT molecular complexity index is 727. The van der Waals surface area contributed by atoms with Crippen LogP contribution in [-0.4, -0.2) is 11.8 Å². The molecule has 0 spiro atoms. The van der Waals surface area contributed by atoms with Crippen molar-refractivity contribution in [2.75, 3.05) is 16.4 Å². The first-order valence-electron chi connectivity index (χ1n) is 6.29. The molecular weight excluding hydrogens is 325 g/mol. The summed E-state index contributed by atoms with van der Waals surface area (Å²) in [7, 11) is 0. The smallest absolute Gasteiger partial charge is 0.314 e. The lowest BCUT2D eigenvalue weighted by molar-refractivity contribution is -0.132. The molecule has 2 aromatic carbocycles. The number of halogens is 2. The van der Waals surface area contributed by atoms with Crippen LogP contribution in [0.15, 0.2) is 36.4 Å². The molecule has 0 heterocycles. The van der Waals surface area contributed by atoms with E-state index in [-0.39, 0.29) is 0 Å². The summed E-state index contributed by atoms with van der Waals surface area (Å²) in [4.78, 5) is 23.7. The van der Waals surface area contributed by atoms with Gasteiger partial charge < -0.3 is 16.4 Å². The van der Waals surface area contributed by atoms with Crippen molar-refractivity contribution >= 4 is 52.1 Å². The Morgan fingerprint density at radius 3 is 2.14 bits per heavy atom. The molecule has 0 saturated heterocycles. The molecule has 22 heavy (non-hydrogen) atoms. The molecule has 2 aromatic rings. The van der Waals surface area contributed by atoms with E-state index in [9.17, 15) is 9.59 Å². The maximum Gasteiger partial charge on any atom is 0.314 e. The summed E-state index contributed by atoms with van der Waals surface area (Å²) in [6, 6.07) is 9.60. The lowest BCUT2D eigenvalue weighted by atomic mass is 10.2. The molecule has 0 radical (unpaired) electrons. The van der Waals surface area contributed by atoms with Crippen LogP contribution in [-0.2, 0) is 9.59 Å². The average molecular weight is 338 g/mol. The van der Waals surface area contributed by atoms with Gasteiger partial charge in [0.25, 0.3) is 0 Å². The van der Waals surface area contributed by atoms with E-state index >= 15 is 0 Å². The molecule has 0 atom stereocenters. The zero-order chi connectivity index (χ0) is 16.3. The van der Waals surface area contributed by atoms with Gasteiger partial charge in [-0.1, -0.05) is 29.3 Å². The molecule has 0 aromatic heterocycles. The second-order valence-corrected chi connectivity index (χ2v) is 5.53. The number of rotatable bonds is 2. The van der Waals surface area contributed by atoms with Crippen LogP contribution in [0.4, 0.5) is 17.1 Å². The van der Waals surface area contributed by atoms with Crippen LogP contribution in [0.2, 0.25) is 10.0 Å². The average Bonchev–Trinajstić information content (AvgIpc) is 2.40. The zero-order valence-corrected chi connectivity index (χ0v) is 13.1. The van der Waals surface area contributed by atoms with E-state index in [1.54, 1.807) is 18.2 Å². The summed E-state index contributed by atoms with van der Waals surface area (Å²) in [5, 5.41) is 5.56. The molecule has 2 rings (SSSR count). The highest BCUT2D eigenvalue weighted by atomic mass is 35.5. The molecule has 2 amide bonds. The standard InChI is InChI=1S/C15H13Cl2N3O2/c1-8-2-3-13(12(18)4-8)20-15(22)14(21)19-11-6-9(16)5-10(17)7-11/h2-7H,18H2,1H3,(H,19,21)(H,20,22). The van der Waals surface area contributed by atoms with Gasteiger partial charge in [-0.3, -0.25) is 9.59 Å². The number of hydrogen-bond donors (Lipinski definition) is 3. The van der Waals surface area contributed by atoms with Crippen LogP contribution in [0, 0.1) is 6.92 Å². The quantitative estimate of drug-likeness (QED) is 0.579. The number of nitrogens with one attached hydrogen (secondary N) is 2. The zero-order valence-electron chi connectivity index (χ0n) is 11.6. The van der Waals surface area contributed by atoms with Crippen molar-refractivity contribution in [1.82, 2.24) is 0 Å². The fourth-order valence-electron chi connectivity index (χ4n) is 1.79. The summed E-state index contributed by atoms with van der Waals surface area (Å²) >= 11 is 11.7. The number of aryl methyl sites for hydroxylation is 1. The van der Waals surface area contributed by atoms with E-state index in [0.717, 1.165) is 5.56 Å². The minimum Gasteiger partial charge on any atom is -0.397 e. The molecular formula is C15H13Cl2N3O2. The number of carbonyl (C=O) groups is 2. The highest BCUT2D eigenvalue weighted by Gasteiger charge is 2.15. The van der Waals surface area contributed by atoms with Gasteiger partial charge in [0.05, 0.1) is 11.4 Å². The van der Waals surface area contributed by atoms with Gasteiger partial charge in [0.15, 0.2) is 0 Å². The van der Waals surface area contributed by atoms with Crippen molar-refractivity contribution in [3.8, 4) is 0 Å². The first-order chi connectivity index (χ1) is 10.3. The monoisotopic (exact) mass is 337 g/mol. The fourth-order valence-corrected chi connectivity index (χ4v) is 2.31. The maximum absolute atomic E-state index is 11.9. The molecule has 0 unspecified atom stereocenters. The van der Waals surface area contributed by atoms with E-state index in [1.165, 1.54) is 18.2 Å². The first kappa shape index (κ1) is 16.1. The molecule has 0 saturated carbocycles. The van der Waals surface area contributed by atoms with Crippen LogP contribution >= 0.6 is 23.2 Å². The highest BCUT2D eigenvalue weighted by Crippen LogP contribution is 2.23. The number of nitrogen functional groups attached to an aromatic ring is 1. The van der Waals surface area contributed by atoms with Crippen molar-refractivity contribution < 1.29 is 9.59 Å². The first-order valence-corrected chi connectivity index (χ1v) is 7.05. The van der Waals surface area contributed by atoms with Crippen molar-refractivity contribution in [3.63, 3.8) is 0 Å². The molecule has 5 nitrogen and oxygen atoms in total. The molecule has 0 fully saturated rings. The Kier molecular flexibility index (Phi) is 4.90. The van der Waals surface area contributed by atoms with Crippen LogP contribution in [0.3, 0.4) is 0 Å². The van der Waals surface area contributed by atoms with Gasteiger partial charge in [-0.2, -0.15) is 0 Å². The topological polar surface area (TPSA) is 84.2 Å². The van der Waals surface area contributed by atoms with Gasteiger partial charge >= 0.3 is 11.8 Å². The Labute approximate surface area is 137 Å². The maximum atomic E-state index is 11.9. The molecule has 0 aliphatic rings. The fraction of sp³-hybridized carbons (Fsp3) is 0.0667. The van der Waals surface area contributed by atoms with Gasteiger partial charge in [-0.15, -0.1) is 0 Å². The van der Waals surface area contributed by atoms with Crippen LogP contribution in [0.25, 0.3) is 0 Å². The Morgan fingerprint density at radius 1 is 0.955 bits per heavy atom. The molecule has 0 bridgehead atoms. The highest BCUT2D eigenvalue weighted by molar-refractivity contribution is 6.44. The Balaban J connectivity index is 2.07. The number of carbonyl (C=O) groups excluding carboxylic acids is 2. The van der Waals surface area contributed by atoms with Crippen molar-refractivity contribution in [2.24, 2.45) is 0 Å². The van der Waals surface area contributed by atoms with Crippen molar-refractivity contribution in [2.45, 2.75) is 6.92 Å². The minimum absolute atomic E-state index is 0.328. The second kappa shape index (κ2) is 6.68. The van der Waals surface area contributed by atoms with Crippen LogP contribution in [0.5, 0.6) is 0 Å². The molecule has 114 valence electrons. The normalized spacial score (nSPS) is 10.1. The Hall–Kier alpha value is -2.24. The van der Waals surface area contributed by atoms with Gasteiger partial charge in [0, 0.05) is 15.7 Å². The van der Waals surface area contributed by atoms with Crippen molar-refractivity contribution in [3.05, 3.63) is 52.0 Å². The number of anilines is 3. The number of hydrogen-bond acceptors (Lipinski definition) is 3. The van der Waals surface area contributed by atoms with E-state index in [0.29, 0.717) is 27.1 Å². The molecule has 0 aliphatic carbocycles. The third-order valence-electron chi connectivity index (χ3n) is 2.78. The molecule has 0 aliphatic heterocycles. The van der Waals surface area contributed by atoms with Crippen LogP contribution < -0.4 is 16.4 Å². The molecule has 4 N–H and O–H groups in total. The lowest BCUT2D eigenvalue weighted by Gasteiger charge is -2.09. The third-order valence-corrected chi connectivity index (χ3v) is 3.22. The number of amides is 2. The summed E-state index contributed by atoms with van der Waals surface area (Å²) in [6.45, 7) is 1.87. The summed E-state index contributed by atoms with van der Waals surface area (Å²) in [5.41, 5.74) is 7.81. The minimum atomic E-state index is -0.849. The van der Waals surface area contributed by atoms with Gasteiger partial charge in [0.1, 0.15) is 0 Å². The lowest BCUT2D eigenvalue weighted by Crippen LogP contribution is -2.29.